The third kappa shape index (κ3) is 5.56. The van der Waals surface area contributed by atoms with E-state index in [-0.39, 0.29) is 11.8 Å². The zero-order valence-corrected chi connectivity index (χ0v) is 13.4. The van der Waals surface area contributed by atoms with E-state index in [1.54, 1.807) is 18.2 Å². The lowest BCUT2D eigenvalue weighted by Crippen LogP contribution is -2.31. The second kappa shape index (κ2) is 6.75. The first-order valence-electron chi connectivity index (χ1n) is 5.49. The lowest BCUT2D eigenvalue weighted by atomic mass is 10.3. The van der Waals surface area contributed by atoms with Crippen LogP contribution < -0.4 is 10.0 Å². The van der Waals surface area contributed by atoms with Gasteiger partial charge in [0.15, 0.2) is 0 Å². The lowest BCUT2D eigenvalue weighted by Gasteiger charge is -2.11. The van der Waals surface area contributed by atoms with E-state index in [4.69, 9.17) is 11.6 Å². The predicted octanol–water partition coefficient (Wildman–Crippen LogP) is 2.84. The number of anilines is 1. The molecule has 18 heavy (non-hydrogen) atoms. The Morgan fingerprint density at radius 1 is 1.39 bits per heavy atom. The van der Waals surface area contributed by atoms with Gasteiger partial charge in [0.25, 0.3) is 0 Å². The normalized spacial score (nSPS) is 11.8. The van der Waals surface area contributed by atoms with Crippen molar-refractivity contribution in [1.29, 1.82) is 0 Å². The van der Waals surface area contributed by atoms with Crippen molar-refractivity contribution < 1.29 is 8.42 Å². The molecule has 0 atom stereocenters. The Kier molecular flexibility index (Phi) is 5.91. The summed E-state index contributed by atoms with van der Waals surface area (Å²) in [5, 5.41) is 3.42. The number of sulfonamides is 1. The minimum Gasteiger partial charge on any atom is -0.313 e. The molecule has 0 heterocycles. The van der Waals surface area contributed by atoms with Gasteiger partial charge < -0.3 is 5.32 Å². The van der Waals surface area contributed by atoms with E-state index in [1.807, 2.05) is 13.8 Å². The summed E-state index contributed by atoms with van der Waals surface area (Å²) in [5.41, 5.74) is 0.393. The lowest BCUT2D eigenvalue weighted by molar-refractivity contribution is 0.582. The molecule has 102 valence electrons. The maximum Gasteiger partial charge on any atom is 0.234 e. The summed E-state index contributed by atoms with van der Waals surface area (Å²) in [6, 6.07) is 5.26. The van der Waals surface area contributed by atoms with Crippen LogP contribution in [0.5, 0.6) is 0 Å². The number of benzene rings is 1. The van der Waals surface area contributed by atoms with Gasteiger partial charge in [-0.05, 0) is 18.2 Å². The highest BCUT2D eigenvalue weighted by molar-refractivity contribution is 9.10. The number of halogens is 2. The van der Waals surface area contributed by atoms with Crippen molar-refractivity contribution in [3.63, 3.8) is 0 Å². The van der Waals surface area contributed by atoms with Crippen molar-refractivity contribution in [2.75, 3.05) is 17.0 Å². The Hall–Kier alpha value is -0.300. The van der Waals surface area contributed by atoms with Crippen molar-refractivity contribution in [1.82, 2.24) is 5.32 Å². The largest absolute Gasteiger partial charge is 0.313 e. The van der Waals surface area contributed by atoms with Crippen LogP contribution >= 0.6 is 27.5 Å². The first kappa shape index (κ1) is 15.8. The maximum atomic E-state index is 11.8. The van der Waals surface area contributed by atoms with Gasteiger partial charge in [0.1, 0.15) is 0 Å². The molecular weight excluding hydrogens is 340 g/mol. The Bertz CT molecular complexity index is 506. The molecule has 0 saturated carbocycles. The summed E-state index contributed by atoms with van der Waals surface area (Å²) >= 11 is 9.21. The third-order valence-corrected chi connectivity index (χ3v) is 4.20. The Balaban J connectivity index is 2.65. The SMILES string of the molecule is CC(C)NCCS(=O)(=O)Nc1ccc(Br)cc1Cl. The van der Waals surface area contributed by atoms with Crippen molar-refractivity contribution in [3.8, 4) is 0 Å². The van der Waals surface area contributed by atoms with Crippen LogP contribution in [-0.4, -0.2) is 26.8 Å². The molecule has 0 aliphatic rings. The molecule has 0 amide bonds. The van der Waals surface area contributed by atoms with Gasteiger partial charge in [-0.25, -0.2) is 8.42 Å². The second-order valence-electron chi connectivity index (χ2n) is 4.15. The molecule has 0 aromatic heterocycles. The number of rotatable bonds is 6. The molecule has 1 rings (SSSR count). The van der Waals surface area contributed by atoms with Crippen molar-refractivity contribution in [2.24, 2.45) is 0 Å². The van der Waals surface area contributed by atoms with E-state index < -0.39 is 10.0 Å². The minimum atomic E-state index is -3.38. The van der Waals surface area contributed by atoms with Crippen LogP contribution in [0.2, 0.25) is 5.02 Å². The fourth-order valence-corrected chi connectivity index (χ4v) is 3.05. The van der Waals surface area contributed by atoms with Gasteiger partial charge in [0.05, 0.1) is 16.5 Å². The average molecular weight is 356 g/mol. The predicted molar refractivity (Wildman–Crippen MR) is 79.7 cm³/mol. The Morgan fingerprint density at radius 2 is 2.06 bits per heavy atom. The number of nitrogens with one attached hydrogen (secondary N) is 2. The molecule has 1 aromatic carbocycles. The van der Waals surface area contributed by atoms with E-state index in [9.17, 15) is 8.42 Å². The van der Waals surface area contributed by atoms with Gasteiger partial charge in [-0.15, -0.1) is 0 Å². The summed E-state index contributed by atoms with van der Waals surface area (Å²) in [4.78, 5) is 0. The summed E-state index contributed by atoms with van der Waals surface area (Å²) in [7, 11) is -3.38. The number of hydrogen-bond acceptors (Lipinski definition) is 3. The Morgan fingerprint density at radius 3 is 2.61 bits per heavy atom. The molecule has 0 radical (unpaired) electrons. The van der Waals surface area contributed by atoms with Crippen molar-refractivity contribution in [3.05, 3.63) is 27.7 Å². The van der Waals surface area contributed by atoms with Gasteiger partial charge >= 0.3 is 0 Å². The van der Waals surface area contributed by atoms with Gasteiger partial charge in [-0.3, -0.25) is 4.72 Å². The summed E-state index contributed by atoms with van der Waals surface area (Å²) in [5.74, 6) is 0.0115. The van der Waals surface area contributed by atoms with Crippen LogP contribution in [0.15, 0.2) is 22.7 Å². The van der Waals surface area contributed by atoms with Crippen LogP contribution in [0.3, 0.4) is 0 Å². The van der Waals surface area contributed by atoms with E-state index >= 15 is 0 Å². The molecule has 0 unspecified atom stereocenters. The zero-order chi connectivity index (χ0) is 13.8. The molecule has 1 aromatic rings. The fraction of sp³-hybridized carbons (Fsp3) is 0.455. The fourth-order valence-electron chi connectivity index (χ4n) is 1.27. The van der Waals surface area contributed by atoms with Crippen LogP contribution in [-0.2, 0) is 10.0 Å². The smallest absolute Gasteiger partial charge is 0.234 e. The first-order chi connectivity index (χ1) is 8.30. The quantitative estimate of drug-likeness (QED) is 0.825. The molecule has 0 spiro atoms. The summed E-state index contributed by atoms with van der Waals surface area (Å²) < 4.78 is 26.9. The molecule has 4 nitrogen and oxygen atoms in total. The molecule has 0 fully saturated rings. The van der Waals surface area contributed by atoms with E-state index in [0.29, 0.717) is 17.3 Å². The second-order valence-corrected chi connectivity index (χ2v) is 7.32. The monoisotopic (exact) mass is 354 g/mol. The topological polar surface area (TPSA) is 58.2 Å². The molecule has 7 heteroatoms. The van der Waals surface area contributed by atoms with Gasteiger partial charge in [-0.2, -0.15) is 0 Å². The van der Waals surface area contributed by atoms with Crippen LogP contribution in [0.4, 0.5) is 5.69 Å². The van der Waals surface area contributed by atoms with Gasteiger partial charge in [0.2, 0.25) is 10.0 Å². The summed E-state index contributed by atoms with van der Waals surface area (Å²) in [6.45, 7) is 4.33. The third-order valence-electron chi connectivity index (χ3n) is 2.12. The van der Waals surface area contributed by atoms with Crippen LogP contribution in [0, 0.1) is 0 Å². The molecule has 0 saturated heterocycles. The van der Waals surface area contributed by atoms with E-state index in [0.717, 1.165) is 4.47 Å². The zero-order valence-electron chi connectivity index (χ0n) is 10.2. The number of hydrogen-bond donors (Lipinski definition) is 2. The van der Waals surface area contributed by atoms with Gasteiger partial charge in [-0.1, -0.05) is 41.4 Å². The molecule has 0 aliphatic carbocycles. The summed E-state index contributed by atoms with van der Waals surface area (Å²) in [6.07, 6.45) is 0. The van der Waals surface area contributed by atoms with Crippen LogP contribution in [0.1, 0.15) is 13.8 Å². The van der Waals surface area contributed by atoms with Crippen molar-refractivity contribution in [2.45, 2.75) is 19.9 Å². The van der Waals surface area contributed by atoms with Crippen LogP contribution in [0.25, 0.3) is 0 Å². The van der Waals surface area contributed by atoms with E-state index in [2.05, 4.69) is 26.0 Å². The highest BCUT2D eigenvalue weighted by Gasteiger charge is 2.12. The van der Waals surface area contributed by atoms with Crippen molar-refractivity contribution >= 4 is 43.2 Å². The van der Waals surface area contributed by atoms with E-state index in [1.165, 1.54) is 0 Å². The average Bonchev–Trinajstić information content (AvgIpc) is 2.21. The minimum absolute atomic E-state index is 0.0115. The maximum absolute atomic E-state index is 11.8. The highest BCUT2D eigenvalue weighted by atomic mass is 79.9. The molecule has 2 N–H and O–H groups in total. The molecule has 0 aliphatic heterocycles. The highest BCUT2D eigenvalue weighted by Crippen LogP contribution is 2.26. The Labute approximate surface area is 121 Å². The van der Waals surface area contributed by atoms with Gasteiger partial charge in [0, 0.05) is 17.1 Å². The molecular formula is C11H16BrClN2O2S. The molecule has 0 bridgehead atoms. The first-order valence-corrected chi connectivity index (χ1v) is 8.31. The standard InChI is InChI=1S/C11H16BrClN2O2S/c1-8(2)14-5-6-18(16,17)15-11-4-3-9(12)7-10(11)13/h3-4,7-8,14-15H,5-6H2,1-2H3.